The van der Waals surface area contributed by atoms with E-state index < -0.39 is 11.8 Å². The van der Waals surface area contributed by atoms with Crippen LogP contribution in [0.5, 0.6) is 11.5 Å². The number of hydrogen-bond acceptors (Lipinski definition) is 4. The number of ether oxygens (including phenoxy) is 2. The van der Waals surface area contributed by atoms with Crippen molar-refractivity contribution >= 4 is 17.5 Å². The van der Waals surface area contributed by atoms with Crippen molar-refractivity contribution in [1.29, 1.82) is 0 Å². The first-order valence-corrected chi connectivity index (χ1v) is 7.65. The van der Waals surface area contributed by atoms with E-state index in [2.05, 4.69) is 17.6 Å². The molecule has 1 fully saturated rings. The van der Waals surface area contributed by atoms with Crippen molar-refractivity contribution in [2.24, 2.45) is 5.92 Å². The van der Waals surface area contributed by atoms with Gasteiger partial charge in [0.25, 0.3) is 0 Å². The summed E-state index contributed by atoms with van der Waals surface area (Å²) in [4.78, 5) is 24.0. The van der Waals surface area contributed by atoms with Gasteiger partial charge in [0.05, 0.1) is 0 Å². The van der Waals surface area contributed by atoms with Crippen LogP contribution in [0.25, 0.3) is 0 Å². The predicted molar refractivity (Wildman–Crippen MR) is 80.8 cm³/mol. The summed E-state index contributed by atoms with van der Waals surface area (Å²) in [5.74, 6) is 0.377. The van der Waals surface area contributed by atoms with Crippen LogP contribution in [0.1, 0.15) is 32.6 Å². The molecule has 22 heavy (non-hydrogen) atoms. The Morgan fingerprint density at radius 3 is 2.68 bits per heavy atom. The first kappa shape index (κ1) is 14.7. The lowest BCUT2D eigenvalue weighted by atomic mass is 9.86. The molecule has 6 nitrogen and oxygen atoms in total. The average Bonchev–Trinajstić information content (AvgIpc) is 2.97. The summed E-state index contributed by atoms with van der Waals surface area (Å²) in [5, 5.41) is 5.42. The lowest BCUT2D eigenvalue weighted by molar-refractivity contribution is -0.137. The predicted octanol–water partition coefficient (Wildman–Crippen LogP) is 2.05. The molecule has 2 amide bonds. The fourth-order valence-corrected chi connectivity index (χ4v) is 2.93. The normalized spacial score (nSPS) is 23.0. The van der Waals surface area contributed by atoms with Crippen molar-refractivity contribution in [2.45, 2.75) is 38.6 Å². The zero-order valence-corrected chi connectivity index (χ0v) is 12.6. The third kappa shape index (κ3) is 3.16. The van der Waals surface area contributed by atoms with Crippen LogP contribution in [-0.2, 0) is 9.59 Å². The number of hydrogen-bond donors (Lipinski definition) is 2. The van der Waals surface area contributed by atoms with Gasteiger partial charge in [-0.15, -0.1) is 0 Å². The molecule has 0 spiro atoms. The Morgan fingerprint density at radius 1 is 1.09 bits per heavy atom. The van der Waals surface area contributed by atoms with Crippen LogP contribution >= 0.6 is 0 Å². The molecule has 0 bridgehead atoms. The SMILES string of the molecule is C[C@H]1CCCC[C@H]1NC(=O)C(=O)Nc1ccc2c(c1)OCO2. The summed E-state index contributed by atoms with van der Waals surface area (Å²) in [6.07, 6.45) is 4.31. The maximum atomic E-state index is 12.0. The second-order valence-corrected chi connectivity index (χ2v) is 5.86. The van der Waals surface area contributed by atoms with Gasteiger partial charge in [0.15, 0.2) is 11.5 Å². The lowest BCUT2D eigenvalue weighted by Crippen LogP contribution is -2.45. The Balaban J connectivity index is 1.58. The van der Waals surface area contributed by atoms with Crippen molar-refractivity contribution in [1.82, 2.24) is 5.32 Å². The zero-order chi connectivity index (χ0) is 15.5. The van der Waals surface area contributed by atoms with Gasteiger partial charge in [0, 0.05) is 17.8 Å². The second-order valence-electron chi connectivity index (χ2n) is 5.86. The highest BCUT2D eigenvalue weighted by atomic mass is 16.7. The molecule has 3 rings (SSSR count). The third-order valence-corrected chi connectivity index (χ3v) is 4.26. The maximum Gasteiger partial charge on any atom is 0.313 e. The van der Waals surface area contributed by atoms with Gasteiger partial charge in [-0.3, -0.25) is 9.59 Å². The first-order valence-electron chi connectivity index (χ1n) is 7.65. The van der Waals surface area contributed by atoms with Gasteiger partial charge in [0.1, 0.15) is 0 Å². The van der Waals surface area contributed by atoms with Gasteiger partial charge in [0.2, 0.25) is 6.79 Å². The molecule has 0 saturated heterocycles. The van der Waals surface area contributed by atoms with Gasteiger partial charge >= 0.3 is 11.8 Å². The van der Waals surface area contributed by atoms with Crippen LogP contribution in [0.3, 0.4) is 0 Å². The zero-order valence-electron chi connectivity index (χ0n) is 12.6. The molecule has 0 radical (unpaired) electrons. The number of rotatable bonds is 2. The molecule has 1 aliphatic heterocycles. The molecule has 1 aromatic rings. The van der Waals surface area contributed by atoms with Crippen LogP contribution in [-0.4, -0.2) is 24.6 Å². The van der Waals surface area contributed by atoms with E-state index in [1.165, 1.54) is 6.42 Å². The number of fused-ring (bicyclic) bond motifs is 1. The highest BCUT2D eigenvalue weighted by Gasteiger charge is 2.25. The van der Waals surface area contributed by atoms with E-state index in [4.69, 9.17) is 9.47 Å². The number of carbonyl (C=O) groups is 2. The lowest BCUT2D eigenvalue weighted by Gasteiger charge is -2.29. The summed E-state index contributed by atoms with van der Waals surface area (Å²) in [7, 11) is 0. The highest BCUT2D eigenvalue weighted by Crippen LogP contribution is 2.34. The minimum atomic E-state index is -0.656. The largest absolute Gasteiger partial charge is 0.454 e. The van der Waals surface area contributed by atoms with Crippen molar-refractivity contribution < 1.29 is 19.1 Å². The first-order chi connectivity index (χ1) is 10.6. The second kappa shape index (κ2) is 6.25. The number of benzene rings is 1. The van der Waals surface area contributed by atoms with Gasteiger partial charge in [-0.2, -0.15) is 0 Å². The number of nitrogens with one attached hydrogen (secondary N) is 2. The Labute approximate surface area is 129 Å². The van der Waals surface area contributed by atoms with E-state index >= 15 is 0 Å². The molecule has 1 heterocycles. The number of carbonyl (C=O) groups excluding carboxylic acids is 2. The summed E-state index contributed by atoms with van der Waals surface area (Å²) in [6, 6.07) is 5.13. The van der Waals surface area contributed by atoms with E-state index in [0.29, 0.717) is 23.1 Å². The summed E-state index contributed by atoms with van der Waals surface area (Å²) < 4.78 is 10.4. The molecule has 1 aliphatic carbocycles. The van der Waals surface area contributed by atoms with Gasteiger partial charge in [-0.25, -0.2) is 0 Å². The molecule has 2 aliphatic rings. The third-order valence-electron chi connectivity index (χ3n) is 4.26. The standard InChI is InChI=1S/C16H20N2O4/c1-10-4-2-3-5-12(10)18-16(20)15(19)17-11-6-7-13-14(8-11)22-9-21-13/h6-8,10,12H,2-5,9H2,1H3,(H,17,19)(H,18,20)/t10-,12+/m0/s1. The van der Waals surface area contributed by atoms with Crippen LogP contribution in [0.15, 0.2) is 18.2 Å². The molecule has 118 valence electrons. The molecule has 0 unspecified atom stereocenters. The van der Waals surface area contributed by atoms with E-state index in [-0.39, 0.29) is 12.8 Å². The quantitative estimate of drug-likeness (QED) is 0.820. The van der Waals surface area contributed by atoms with E-state index in [9.17, 15) is 9.59 Å². The number of anilines is 1. The van der Waals surface area contributed by atoms with Crippen LogP contribution < -0.4 is 20.1 Å². The molecule has 0 aromatic heterocycles. The molecule has 1 aromatic carbocycles. The smallest absolute Gasteiger partial charge is 0.313 e. The minimum Gasteiger partial charge on any atom is -0.454 e. The van der Waals surface area contributed by atoms with E-state index in [1.54, 1.807) is 18.2 Å². The summed E-state index contributed by atoms with van der Waals surface area (Å²) in [6.45, 7) is 2.28. The minimum absolute atomic E-state index is 0.0868. The fourth-order valence-electron chi connectivity index (χ4n) is 2.93. The van der Waals surface area contributed by atoms with Gasteiger partial charge in [-0.1, -0.05) is 19.8 Å². The van der Waals surface area contributed by atoms with Crippen molar-refractivity contribution in [3.63, 3.8) is 0 Å². The summed E-state index contributed by atoms with van der Waals surface area (Å²) >= 11 is 0. The molecule has 2 atom stereocenters. The fraction of sp³-hybridized carbons (Fsp3) is 0.500. The van der Waals surface area contributed by atoms with Crippen LogP contribution in [0.2, 0.25) is 0 Å². The van der Waals surface area contributed by atoms with Crippen LogP contribution in [0.4, 0.5) is 5.69 Å². The van der Waals surface area contributed by atoms with Crippen molar-refractivity contribution in [3.8, 4) is 11.5 Å². The maximum absolute atomic E-state index is 12.0. The molecular formula is C16H20N2O4. The average molecular weight is 304 g/mol. The van der Waals surface area contributed by atoms with E-state index in [1.807, 2.05) is 0 Å². The molecular weight excluding hydrogens is 284 g/mol. The monoisotopic (exact) mass is 304 g/mol. The molecule has 1 saturated carbocycles. The van der Waals surface area contributed by atoms with Gasteiger partial charge < -0.3 is 20.1 Å². The Hall–Kier alpha value is -2.24. The van der Waals surface area contributed by atoms with Crippen LogP contribution in [0, 0.1) is 5.92 Å². The van der Waals surface area contributed by atoms with Crippen molar-refractivity contribution in [2.75, 3.05) is 12.1 Å². The molecule has 6 heteroatoms. The van der Waals surface area contributed by atoms with E-state index in [0.717, 1.165) is 19.3 Å². The summed E-state index contributed by atoms with van der Waals surface area (Å²) in [5.41, 5.74) is 0.515. The molecule has 2 N–H and O–H groups in total. The Bertz CT molecular complexity index is 588. The van der Waals surface area contributed by atoms with Gasteiger partial charge in [-0.05, 0) is 30.9 Å². The highest BCUT2D eigenvalue weighted by molar-refractivity contribution is 6.39. The topological polar surface area (TPSA) is 76.7 Å². The Morgan fingerprint density at radius 2 is 1.86 bits per heavy atom. The Kier molecular flexibility index (Phi) is 4.18. The van der Waals surface area contributed by atoms with Crippen molar-refractivity contribution in [3.05, 3.63) is 18.2 Å². The number of amides is 2.